The van der Waals surface area contributed by atoms with Gasteiger partial charge in [-0.15, -0.1) is 0 Å². The third-order valence-corrected chi connectivity index (χ3v) is 2.94. The predicted octanol–water partition coefficient (Wildman–Crippen LogP) is 2.13. The van der Waals surface area contributed by atoms with Crippen LogP contribution in [0.2, 0.25) is 0 Å². The van der Waals surface area contributed by atoms with E-state index < -0.39 is 0 Å². The van der Waals surface area contributed by atoms with Gasteiger partial charge in [0.2, 0.25) is 0 Å². The summed E-state index contributed by atoms with van der Waals surface area (Å²) in [4.78, 5) is 6.54. The molecular weight excluding hydrogens is 186 g/mol. The lowest BCUT2D eigenvalue weighted by atomic mass is 10.1. The third-order valence-electron chi connectivity index (χ3n) is 2.94. The minimum Gasteiger partial charge on any atom is -0.295 e. The summed E-state index contributed by atoms with van der Waals surface area (Å²) >= 11 is 0. The van der Waals surface area contributed by atoms with Gasteiger partial charge in [0.05, 0.1) is 6.07 Å². The van der Waals surface area contributed by atoms with Gasteiger partial charge in [0.1, 0.15) is 0 Å². The summed E-state index contributed by atoms with van der Waals surface area (Å²) in [5, 5.41) is 8.59. The van der Waals surface area contributed by atoms with E-state index in [0.717, 1.165) is 13.1 Å². The lowest BCUT2D eigenvalue weighted by molar-refractivity contribution is 0.263. The van der Waals surface area contributed by atoms with E-state index in [1.165, 1.54) is 18.4 Å². The number of nitrogens with zero attached hydrogens (tertiary/aromatic N) is 3. The van der Waals surface area contributed by atoms with Gasteiger partial charge in [-0.05, 0) is 31.0 Å². The maximum absolute atomic E-state index is 8.59. The first-order valence-electron chi connectivity index (χ1n) is 5.43. The molecule has 2 rings (SSSR count). The fourth-order valence-electron chi connectivity index (χ4n) is 2.24. The van der Waals surface area contributed by atoms with Crippen LogP contribution >= 0.6 is 0 Å². The molecule has 0 radical (unpaired) electrons. The van der Waals surface area contributed by atoms with Gasteiger partial charge >= 0.3 is 0 Å². The van der Waals surface area contributed by atoms with Crippen molar-refractivity contribution in [3.05, 3.63) is 30.1 Å². The van der Waals surface area contributed by atoms with Crippen molar-refractivity contribution in [2.24, 2.45) is 0 Å². The SMILES string of the molecule is N#CCCN1CCC[C@@H]1c1cccnc1. The van der Waals surface area contributed by atoms with Crippen molar-refractivity contribution in [1.82, 2.24) is 9.88 Å². The molecule has 15 heavy (non-hydrogen) atoms. The molecule has 0 unspecified atom stereocenters. The van der Waals surface area contributed by atoms with Crippen LogP contribution in [0.3, 0.4) is 0 Å². The maximum Gasteiger partial charge on any atom is 0.0635 e. The zero-order valence-electron chi connectivity index (χ0n) is 8.76. The summed E-state index contributed by atoms with van der Waals surface area (Å²) in [6.45, 7) is 2.00. The monoisotopic (exact) mass is 201 g/mol. The molecule has 1 aromatic heterocycles. The van der Waals surface area contributed by atoms with E-state index in [4.69, 9.17) is 5.26 Å². The zero-order valence-corrected chi connectivity index (χ0v) is 8.76. The third kappa shape index (κ3) is 2.34. The number of pyridine rings is 1. The van der Waals surface area contributed by atoms with Crippen molar-refractivity contribution >= 4 is 0 Å². The average Bonchev–Trinajstić information content (AvgIpc) is 2.75. The van der Waals surface area contributed by atoms with Gasteiger partial charge in [0.25, 0.3) is 0 Å². The van der Waals surface area contributed by atoms with Gasteiger partial charge in [-0.25, -0.2) is 0 Å². The quantitative estimate of drug-likeness (QED) is 0.752. The minimum atomic E-state index is 0.479. The van der Waals surface area contributed by atoms with Crippen molar-refractivity contribution in [2.75, 3.05) is 13.1 Å². The van der Waals surface area contributed by atoms with Crippen molar-refractivity contribution in [2.45, 2.75) is 25.3 Å². The van der Waals surface area contributed by atoms with Gasteiger partial charge in [-0.2, -0.15) is 5.26 Å². The Bertz CT molecular complexity index is 342. The van der Waals surface area contributed by atoms with Crippen LogP contribution in [0, 0.1) is 11.3 Å². The van der Waals surface area contributed by atoms with Gasteiger partial charge in [-0.1, -0.05) is 6.07 Å². The fourth-order valence-corrected chi connectivity index (χ4v) is 2.24. The van der Waals surface area contributed by atoms with Gasteiger partial charge in [0.15, 0.2) is 0 Å². The van der Waals surface area contributed by atoms with E-state index in [2.05, 4.69) is 22.0 Å². The molecule has 0 amide bonds. The summed E-state index contributed by atoms with van der Waals surface area (Å²) in [5.74, 6) is 0. The van der Waals surface area contributed by atoms with Gasteiger partial charge in [-0.3, -0.25) is 9.88 Å². The molecule has 1 atom stereocenters. The molecule has 0 spiro atoms. The second-order valence-corrected chi connectivity index (χ2v) is 3.89. The molecule has 0 aliphatic carbocycles. The minimum absolute atomic E-state index is 0.479. The molecule has 1 aromatic rings. The van der Waals surface area contributed by atoms with E-state index in [9.17, 15) is 0 Å². The van der Waals surface area contributed by atoms with Crippen LogP contribution in [0.5, 0.6) is 0 Å². The Morgan fingerprint density at radius 1 is 1.60 bits per heavy atom. The van der Waals surface area contributed by atoms with Crippen molar-refractivity contribution in [1.29, 1.82) is 5.26 Å². The average molecular weight is 201 g/mol. The molecule has 0 bridgehead atoms. The molecule has 1 saturated heterocycles. The lowest BCUT2D eigenvalue weighted by Crippen LogP contribution is -2.24. The molecule has 0 N–H and O–H groups in total. The van der Waals surface area contributed by atoms with Crippen LogP contribution in [-0.4, -0.2) is 23.0 Å². The van der Waals surface area contributed by atoms with E-state index in [1.54, 1.807) is 6.20 Å². The number of hydrogen-bond donors (Lipinski definition) is 0. The molecule has 3 nitrogen and oxygen atoms in total. The first-order valence-corrected chi connectivity index (χ1v) is 5.43. The Kier molecular flexibility index (Phi) is 3.31. The van der Waals surface area contributed by atoms with Crippen LogP contribution in [-0.2, 0) is 0 Å². The second kappa shape index (κ2) is 4.90. The Hall–Kier alpha value is -1.40. The Labute approximate surface area is 90.4 Å². The summed E-state index contributed by atoms with van der Waals surface area (Å²) in [7, 11) is 0. The van der Waals surface area contributed by atoms with Crippen LogP contribution in [0.1, 0.15) is 30.9 Å². The molecule has 0 aromatic carbocycles. The lowest BCUT2D eigenvalue weighted by Gasteiger charge is -2.23. The smallest absolute Gasteiger partial charge is 0.0635 e. The van der Waals surface area contributed by atoms with Crippen LogP contribution in [0.15, 0.2) is 24.5 Å². The zero-order chi connectivity index (χ0) is 10.5. The summed E-state index contributed by atoms with van der Waals surface area (Å²) in [5.41, 5.74) is 1.29. The van der Waals surface area contributed by atoms with E-state index in [-0.39, 0.29) is 0 Å². The highest BCUT2D eigenvalue weighted by molar-refractivity contribution is 5.15. The molecule has 1 aliphatic rings. The standard InChI is InChI=1S/C12H15N3/c13-6-3-9-15-8-2-5-12(15)11-4-1-7-14-10-11/h1,4,7,10,12H,2-3,5,8-9H2/t12-/m1/s1. The van der Waals surface area contributed by atoms with E-state index in [0.29, 0.717) is 12.5 Å². The highest BCUT2D eigenvalue weighted by atomic mass is 15.2. The topological polar surface area (TPSA) is 39.9 Å². The number of rotatable bonds is 3. The van der Waals surface area contributed by atoms with Crippen LogP contribution in [0.4, 0.5) is 0 Å². The summed E-state index contributed by atoms with van der Waals surface area (Å²) in [6.07, 6.45) is 6.78. The van der Waals surface area contributed by atoms with Gasteiger partial charge < -0.3 is 0 Å². The summed E-state index contributed by atoms with van der Waals surface area (Å²) < 4.78 is 0. The molecule has 2 heterocycles. The molecule has 0 saturated carbocycles. The van der Waals surface area contributed by atoms with Crippen LogP contribution in [0.25, 0.3) is 0 Å². The maximum atomic E-state index is 8.59. The number of aromatic nitrogens is 1. The summed E-state index contributed by atoms with van der Waals surface area (Å²) in [6, 6.07) is 6.80. The molecule has 1 aliphatic heterocycles. The normalized spacial score (nSPS) is 21.4. The van der Waals surface area contributed by atoms with Crippen molar-refractivity contribution in [3.63, 3.8) is 0 Å². The molecule has 1 fully saturated rings. The fraction of sp³-hybridized carbons (Fsp3) is 0.500. The highest BCUT2D eigenvalue weighted by Gasteiger charge is 2.25. The van der Waals surface area contributed by atoms with Crippen LogP contribution < -0.4 is 0 Å². The Morgan fingerprint density at radius 3 is 3.27 bits per heavy atom. The van der Waals surface area contributed by atoms with E-state index in [1.807, 2.05) is 12.3 Å². The first-order chi connectivity index (χ1) is 7.42. The predicted molar refractivity (Wildman–Crippen MR) is 58.0 cm³/mol. The largest absolute Gasteiger partial charge is 0.295 e. The second-order valence-electron chi connectivity index (χ2n) is 3.89. The molecule has 3 heteroatoms. The van der Waals surface area contributed by atoms with Gasteiger partial charge in [0, 0.05) is 31.4 Å². The highest BCUT2D eigenvalue weighted by Crippen LogP contribution is 2.30. The van der Waals surface area contributed by atoms with Crippen molar-refractivity contribution in [3.8, 4) is 6.07 Å². The number of nitriles is 1. The molecular formula is C12H15N3. The Morgan fingerprint density at radius 2 is 2.53 bits per heavy atom. The Balaban J connectivity index is 2.05. The number of likely N-dealkylation sites (tertiary alicyclic amines) is 1. The first kappa shape index (κ1) is 10.1. The van der Waals surface area contributed by atoms with E-state index >= 15 is 0 Å². The molecule has 78 valence electrons. The number of hydrogen-bond acceptors (Lipinski definition) is 3. The van der Waals surface area contributed by atoms with Crippen molar-refractivity contribution < 1.29 is 0 Å².